The monoisotopic (exact) mass is 443 g/mol. The molecular weight excluding hydrogens is 418 g/mol. The third kappa shape index (κ3) is 5.43. The van der Waals surface area contributed by atoms with Gasteiger partial charge in [-0.15, -0.1) is 11.3 Å². The van der Waals surface area contributed by atoms with E-state index in [1.165, 1.54) is 5.57 Å². The van der Waals surface area contributed by atoms with Crippen LogP contribution in [-0.4, -0.2) is 47.1 Å². The zero-order chi connectivity index (χ0) is 22.3. The first kappa shape index (κ1) is 21.8. The van der Waals surface area contributed by atoms with E-state index in [9.17, 15) is 4.79 Å². The van der Waals surface area contributed by atoms with Crippen LogP contribution in [0.25, 0.3) is 11.1 Å². The lowest BCUT2D eigenvalue weighted by atomic mass is 10.0. The maximum atomic E-state index is 12.7. The van der Waals surface area contributed by atoms with Crippen LogP contribution in [0.1, 0.15) is 33.8 Å². The van der Waals surface area contributed by atoms with E-state index in [1.807, 2.05) is 36.6 Å². The Morgan fingerprint density at radius 1 is 1.34 bits per heavy atom. The molecule has 7 heteroatoms. The van der Waals surface area contributed by atoms with E-state index in [2.05, 4.69) is 44.9 Å². The molecule has 2 aromatic rings. The second kappa shape index (κ2) is 10.3. The zero-order valence-electron chi connectivity index (χ0n) is 18.0. The van der Waals surface area contributed by atoms with Crippen molar-refractivity contribution in [3.05, 3.63) is 94.5 Å². The van der Waals surface area contributed by atoms with Gasteiger partial charge in [-0.2, -0.15) is 0 Å². The molecule has 0 aliphatic carbocycles. The first-order chi connectivity index (χ1) is 15.6. The molecule has 4 rings (SSSR count). The molecular formula is C25H25N5OS. The fourth-order valence-corrected chi connectivity index (χ4v) is 4.06. The summed E-state index contributed by atoms with van der Waals surface area (Å²) < 4.78 is 0. The summed E-state index contributed by atoms with van der Waals surface area (Å²) in [6.45, 7) is 5.77. The Kier molecular flexibility index (Phi) is 6.99. The van der Waals surface area contributed by atoms with Gasteiger partial charge in [0.1, 0.15) is 5.82 Å². The van der Waals surface area contributed by atoms with Crippen molar-refractivity contribution in [2.24, 2.45) is 4.99 Å². The number of aliphatic imine (C=N–C) groups is 1. The van der Waals surface area contributed by atoms with Gasteiger partial charge in [-0.1, -0.05) is 30.9 Å². The van der Waals surface area contributed by atoms with E-state index in [4.69, 9.17) is 0 Å². The molecule has 2 aliphatic rings. The standard InChI is InChI=1S/C25H25N5OS/c1-3-19(23-16-26-17-32-23)6-4-18-5-7-24(28-15-18)29-25(31)21-8-11-27-22(14-21)20-9-12-30(2)13-10-20/h3-4,6-9,11,14-17H,1,5,10,12-13H2,2H3,(H,29,31)/b18-4+,19-6+. The summed E-state index contributed by atoms with van der Waals surface area (Å²) in [6, 6.07) is 3.58. The molecule has 2 aliphatic heterocycles. The molecule has 2 aromatic heterocycles. The Morgan fingerprint density at radius 3 is 2.94 bits per heavy atom. The minimum Gasteiger partial charge on any atom is -0.307 e. The quantitative estimate of drug-likeness (QED) is 0.668. The predicted octanol–water partition coefficient (Wildman–Crippen LogP) is 4.50. The molecule has 0 saturated carbocycles. The predicted molar refractivity (Wildman–Crippen MR) is 131 cm³/mol. The first-order valence-electron chi connectivity index (χ1n) is 10.4. The van der Waals surface area contributed by atoms with Crippen molar-refractivity contribution >= 4 is 34.6 Å². The summed E-state index contributed by atoms with van der Waals surface area (Å²) >= 11 is 1.57. The van der Waals surface area contributed by atoms with Gasteiger partial charge in [-0.25, -0.2) is 4.99 Å². The number of carbonyl (C=O) groups is 1. The molecule has 1 N–H and O–H groups in total. The van der Waals surface area contributed by atoms with E-state index in [0.717, 1.165) is 41.2 Å². The van der Waals surface area contributed by atoms with Crippen molar-refractivity contribution in [1.29, 1.82) is 0 Å². The Hall–Kier alpha value is -3.42. The van der Waals surface area contributed by atoms with Crippen LogP contribution in [0.15, 0.2) is 83.4 Å². The Balaban J connectivity index is 1.39. The zero-order valence-corrected chi connectivity index (χ0v) is 18.8. The molecule has 4 heterocycles. The van der Waals surface area contributed by atoms with Crippen molar-refractivity contribution in [3.8, 4) is 0 Å². The third-order valence-electron chi connectivity index (χ3n) is 5.32. The number of hydrogen-bond acceptors (Lipinski definition) is 6. The highest BCUT2D eigenvalue weighted by Crippen LogP contribution is 2.22. The Morgan fingerprint density at radius 2 is 2.25 bits per heavy atom. The minimum atomic E-state index is -0.183. The molecule has 32 heavy (non-hydrogen) atoms. The molecule has 1 amide bonds. The van der Waals surface area contributed by atoms with Crippen LogP contribution in [0, 0.1) is 0 Å². The maximum Gasteiger partial charge on any atom is 0.256 e. The summed E-state index contributed by atoms with van der Waals surface area (Å²) in [4.78, 5) is 29.0. The van der Waals surface area contributed by atoms with Crippen molar-refractivity contribution < 1.29 is 4.79 Å². The van der Waals surface area contributed by atoms with Crippen LogP contribution in [0.2, 0.25) is 0 Å². The fraction of sp³-hybridized carbons (Fsp3) is 0.200. The molecule has 0 bridgehead atoms. The minimum absolute atomic E-state index is 0.183. The van der Waals surface area contributed by atoms with Crippen molar-refractivity contribution in [1.82, 2.24) is 20.2 Å². The van der Waals surface area contributed by atoms with E-state index in [-0.39, 0.29) is 5.91 Å². The highest BCUT2D eigenvalue weighted by atomic mass is 32.1. The average Bonchev–Trinajstić information content (AvgIpc) is 3.36. The molecule has 0 unspecified atom stereocenters. The van der Waals surface area contributed by atoms with E-state index in [0.29, 0.717) is 17.8 Å². The van der Waals surface area contributed by atoms with Gasteiger partial charge < -0.3 is 10.2 Å². The second-order valence-corrected chi connectivity index (χ2v) is 8.50. The number of rotatable bonds is 6. The van der Waals surface area contributed by atoms with Gasteiger partial charge >= 0.3 is 0 Å². The molecule has 0 fully saturated rings. The van der Waals surface area contributed by atoms with Gasteiger partial charge in [-0.3, -0.25) is 14.8 Å². The van der Waals surface area contributed by atoms with Gasteiger partial charge in [0.15, 0.2) is 0 Å². The lowest BCUT2D eigenvalue weighted by molar-refractivity contribution is 0.0965. The smallest absolute Gasteiger partial charge is 0.256 e. The number of aromatic nitrogens is 2. The number of allylic oxidation sites excluding steroid dienone is 6. The SMILES string of the molecule is C=C/C(=C\C=C1\C=NC(NC(=O)c2ccnc(C3=CCN(C)CC3)c2)=CC1)c1cncs1. The molecule has 0 spiro atoms. The number of nitrogens with one attached hydrogen (secondary N) is 1. The number of pyridine rings is 1. The van der Waals surface area contributed by atoms with E-state index in [1.54, 1.807) is 35.3 Å². The topological polar surface area (TPSA) is 70.5 Å². The van der Waals surface area contributed by atoms with Crippen LogP contribution in [-0.2, 0) is 0 Å². The maximum absolute atomic E-state index is 12.7. The number of carbonyl (C=O) groups excluding carboxylic acids is 1. The number of thiazole rings is 1. The van der Waals surface area contributed by atoms with Crippen molar-refractivity contribution in [2.45, 2.75) is 12.8 Å². The number of nitrogens with zero attached hydrogens (tertiary/aromatic N) is 4. The summed E-state index contributed by atoms with van der Waals surface area (Å²) in [7, 11) is 2.10. The summed E-state index contributed by atoms with van der Waals surface area (Å²) in [6.07, 6.45) is 16.8. The normalized spacial score (nSPS) is 18.3. The van der Waals surface area contributed by atoms with Crippen molar-refractivity contribution in [3.63, 3.8) is 0 Å². The largest absolute Gasteiger partial charge is 0.307 e. The molecule has 0 atom stereocenters. The Bertz CT molecular complexity index is 1150. The van der Waals surface area contributed by atoms with Crippen LogP contribution < -0.4 is 5.32 Å². The van der Waals surface area contributed by atoms with Crippen LogP contribution in [0.3, 0.4) is 0 Å². The Labute approximate surface area is 192 Å². The van der Waals surface area contributed by atoms with E-state index < -0.39 is 0 Å². The summed E-state index contributed by atoms with van der Waals surface area (Å²) in [5.74, 6) is 0.372. The second-order valence-electron chi connectivity index (χ2n) is 7.61. The van der Waals surface area contributed by atoms with Gasteiger partial charge in [0, 0.05) is 37.3 Å². The molecule has 0 radical (unpaired) electrons. The van der Waals surface area contributed by atoms with Gasteiger partial charge in [-0.05, 0) is 54.8 Å². The number of amides is 1. The third-order valence-corrected chi connectivity index (χ3v) is 6.14. The van der Waals surface area contributed by atoms with Crippen LogP contribution in [0.4, 0.5) is 0 Å². The average molecular weight is 444 g/mol. The van der Waals surface area contributed by atoms with Gasteiger partial charge in [0.2, 0.25) is 0 Å². The van der Waals surface area contributed by atoms with E-state index >= 15 is 0 Å². The van der Waals surface area contributed by atoms with Crippen LogP contribution in [0.5, 0.6) is 0 Å². The molecule has 6 nitrogen and oxygen atoms in total. The lowest BCUT2D eigenvalue weighted by Gasteiger charge is -2.21. The van der Waals surface area contributed by atoms with Crippen LogP contribution >= 0.6 is 11.3 Å². The number of likely N-dealkylation sites (N-methyl/N-ethyl adjacent to an activating group) is 1. The highest BCUT2D eigenvalue weighted by molar-refractivity contribution is 7.10. The van der Waals surface area contributed by atoms with Gasteiger partial charge in [0.05, 0.1) is 16.1 Å². The molecule has 0 aromatic carbocycles. The summed E-state index contributed by atoms with van der Waals surface area (Å²) in [5.41, 5.74) is 6.50. The number of hydrogen-bond donors (Lipinski definition) is 1. The van der Waals surface area contributed by atoms with Crippen molar-refractivity contribution in [2.75, 3.05) is 20.1 Å². The molecule has 0 saturated heterocycles. The first-order valence-corrected chi connectivity index (χ1v) is 11.3. The molecule has 162 valence electrons. The summed E-state index contributed by atoms with van der Waals surface area (Å²) in [5, 5.41) is 2.89. The van der Waals surface area contributed by atoms with Gasteiger partial charge in [0.25, 0.3) is 5.91 Å². The highest BCUT2D eigenvalue weighted by Gasteiger charge is 2.14. The fourth-order valence-electron chi connectivity index (χ4n) is 3.41. The lowest BCUT2D eigenvalue weighted by Crippen LogP contribution is -2.24.